The van der Waals surface area contributed by atoms with Gasteiger partial charge in [-0.2, -0.15) is 0 Å². The number of hydrogen-bond acceptors (Lipinski definition) is 1. The van der Waals surface area contributed by atoms with Gasteiger partial charge in [-0.25, -0.2) is 4.98 Å². The lowest BCUT2D eigenvalue weighted by atomic mass is 10.2. The van der Waals surface area contributed by atoms with Crippen LogP contribution in [-0.4, -0.2) is 9.55 Å². The molecule has 3 heteroatoms. The Morgan fingerprint density at radius 2 is 2.60 bits per heavy atom. The molecule has 2 heterocycles. The van der Waals surface area contributed by atoms with Crippen LogP contribution in [0.4, 0.5) is 0 Å². The minimum absolute atomic E-state index is 0.647. The summed E-state index contributed by atoms with van der Waals surface area (Å²) in [5.41, 5.74) is 0. The molecule has 0 bridgehead atoms. The predicted molar refractivity (Wildman–Crippen MR) is 43.0 cm³/mol. The molecule has 2 nitrogen and oxygen atoms in total. The van der Waals surface area contributed by atoms with Crippen LogP contribution in [0.3, 0.4) is 0 Å². The van der Waals surface area contributed by atoms with Gasteiger partial charge in [0.15, 0.2) is 0 Å². The molecule has 0 spiro atoms. The van der Waals surface area contributed by atoms with Crippen molar-refractivity contribution in [2.24, 2.45) is 0 Å². The Morgan fingerprint density at radius 1 is 1.80 bits per heavy atom. The van der Waals surface area contributed by atoms with E-state index in [9.17, 15) is 0 Å². The fourth-order valence-electron chi connectivity index (χ4n) is 1.44. The highest BCUT2D eigenvalue weighted by Crippen LogP contribution is 2.26. The number of aryl methyl sites for hydroxylation is 1. The average molecular weight is 201 g/mol. The zero-order valence-corrected chi connectivity index (χ0v) is 7.43. The number of fused-ring (bicyclic) bond motifs is 1. The molecule has 1 atom stereocenters. The van der Waals surface area contributed by atoms with Crippen molar-refractivity contribution >= 4 is 15.9 Å². The standard InChI is InChI=1S/C7H9BrN2/c1-5-2-3-7-9-6(8)4-10(5)7/h4-5H,2-3H2,1H3. The summed E-state index contributed by atoms with van der Waals surface area (Å²) in [5.74, 6) is 1.22. The number of hydrogen-bond donors (Lipinski definition) is 0. The minimum atomic E-state index is 0.647. The fourth-order valence-corrected chi connectivity index (χ4v) is 1.87. The van der Waals surface area contributed by atoms with Crippen LogP contribution >= 0.6 is 15.9 Å². The lowest BCUT2D eigenvalue weighted by Gasteiger charge is -2.02. The van der Waals surface area contributed by atoms with Crippen LogP contribution in [0.5, 0.6) is 0 Å². The molecule has 54 valence electrons. The molecule has 0 amide bonds. The fraction of sp³-hybridized carbons (Fsp3) is 0.571. The van der Waals surface area contributed by atoms with Crippen LogP contribution in [0.1, 0.15) is 25.2 Å². The third kappa shape index (κ3) is 0.804. The summed E-state index contributed by atoms with van der Waals surface area (Å²) < 4.78 is 3.21. The molecule has 0 aliphatic carbocycles. The first kappa shape index (κ1) is 6.40. The molecule has 1 aliphatic rings. The zero-order chi connectivity index (χ0) is 7.14. The average Bonchev–Trinajstić information content (AvgIpc) is 2.35. The van der Waals surface area contributed by atoms with Crippen LogP contribution in [-0.2, 0) is 6.42 Å². The predicted octanol–water partition coefficient (Wildman–Crippen LogP) is 2.15. The number of halogens is 1. The Bertz CT molecular complexity index is 254. The van der Waals surface area contributed by atoms with Crippen molar-refractivity contribution in [1.82, 2.24) is 9.55 Å². The first-order valence-corrected chi connectivity index (χ1v) is 4.30. The summed E-state index contributed by atoms with van der Waals surface area (Å²) in [6, 6.07) is 0.647. The van der Waals surface area contributed by atoms with Crippen molar-refractivity contribution in [3.05, 3.63) is 16.6 Å². The van der Waals surface area contributed by atoms with Gasteiger partial charge in [-0.3, -0.25) is 0 Å². The number of imidazole rings is 1. The summed E-state index contributed by atoms with van der Waals surface area (Å²) >= 11 is 3.35. The zero-order valence-electron chi connectivity index (χ0n) is 5.84. The van der Waals surface area contributed by atoms with E-state index in [-0.39, 0.29) is 0 Å². The summed E-state index contributed by atoms with van der Waals surface area (Å²) in [5, 5.41) is 0. The molecule has 0 N–H and O–H groups in total. The van der Waals surface area contributed by atoms with Gasteiger partial charge in [-0.05, 0) is 29.3 Å². The summed E-state index contributed by atoms with van der Waals surface area (Å²) in [6.45, 7) is 2.23. The summed E-state index contributed by atoms with van der Waals surface area (Å²) in [7, 11) is 0. The third-order valence-corrected chi connectivity index (χ3v) is 2.42. The molecule has 0 radical (unpaired) electrons. The van der Waals surface area contributed by atoms with Gasteiger partial charge in [-0.15, -0.1) is 0 Å². The Labute approximate surface area is 68.4 Å². The second kappa shape index (κ2) is 2.09. The molecule has 0 saturated carbocycles. The van der Waals surface area contributed by atoms with Crippen molar-refractivity contribution in [3.63, 3.8) is 0 Å². The van der Waals surface area contributed by atoms with E-state index in [0.29, 0.717) is 6.04 Å². The molecule has 1 aromatic rings. The van der Waals surface area contributed by atoms with Crippen LogP contribution in [0.25, 0.3) is 0 Å². The highest BCUT2D eigenvalue weighted by atomic mass is 79.9. The first-order valence-electron chi connectivity index (χ1n) is 3.50. The van der Waals surface area contributed by atoms with Crippen molar-refractivity contribution in [3.8, 4) is 0 Å². The lowest BCUT2D eigenvalue weighted by molar-refractivity contribution is 0.580. The second-order valence-electron chi connectivity index (χ2n) is 2.77. The van der Waals surface area contributed by atoms with Gasteiger partial charge in [0.05, 0.1) is 0 Å². The maximum absolute atomic E-state index is 4.32. The van der Waals surface area contributed by atoms with E-state index in [1.54, 1.807) is 0 Å². The minimum Gasteiger partial charge on any atom is -0.331 e. The van der Waals surface area contributed by atoms with Crippen molar-refractivity contribution in [1.29, 1.82) is 0 Å². The number of nitrogens with zero attached hydrogens (tertiary/aromatic N) is 2. The van der Waals surface area contributed by atoms with E-state index < -0.39 is 0 Å². The highest BCUT2D eigenvalue weighted by Gasteiger charge is 2.18. The van der Waals surface area contributed by atoms with Crippen molar-refractivity contribution < 1.29 is 0 Å². The molecule has 0 fully saturated rings. The van der Waals surface area contributed by atoms with Gasteiger partial charge in [0.2, 0.25) is 0 Å². The van der Waals surface area contributed by atoms with E-state index in [2.05, 4.69) is 38.6 Å². The third-order valence-electron chi connectivity index (χ3n) is 2.04. The Morgan fingerprint density at radius 3 is 3.30 bits per heavy atom. The SMILES string of the molecule is CC1CCc2nc(Br)cn21. The van der Waals surface area contributed by atoms with Gasteiger partial charge >= 0.3 is 0 Å². The Balaban J connectivity index is 2.49. The largest absolute Gasteiger partial charge is 0.331 e. The molecular weight excluding hydrogens is 192 g/mol. The maximum Gasteiger partial charge on any atom is 0.124 e. The van der Waals surface area contributed by atoms with E-state index in [1.165, 1.54) is 12.2 Å². The van der Waals surface area contributed by atoms with Gasteiger partial charge in [0, 0.05) is 18.7 Å². The van der Waals surface area contributed by atoms with Crippen LogP contribution < -0.4 is 0 Å². The number of aromatic nitrogens is 2. The van der Waals surface area contributed by atoms with Gasteiger partial charge in [0.25, 0.3) is 0 Å². The molecule has 1 unspecified atom stereocenters. The second-order valence-corrected chi connectivity index (χ2v) is 3.59. The Hall–Kier alpha value is -0.310. The molecular formula is C7H9BrN2. The molecule has 1 aromatic heterocycles. The quantitative estimate of drug-likeness (QED) is 0.628. The Kier molecular flexibility index (Phi) is 1.34. The maximum atomic E-state index is 4.32. The monoisotopic (exact) mass is 200 g/mol. The normalized spacial score (nSPS) is 23.2. The molecule has 10 heavy (non-hydrogen) atoms. The van der Waals surface area contributed by atoms with Crippen LogP contribution in [0.2, 0.25) is 0 Å². The van der Waals surface area contributed by atoms with Gasteiger partial charge < -0.3 is 4.57 Å². The van der Waals surface area contributed by atoms with Gasteiger partial charge in [0.1, 0.15) is 10.4 Å². The molecule has 2 rings (SSSR count). The smallest absolute Gasteiger partial charge is 0.124 e. The van der Waals surface area contributed by atoms with E-state index in [1.807, 2.05) is 0 Å². The van der Waals surface area contributed by atoms with Crippen molar-refractivity contribution in [2.45, 2.75) is 25.8 Å². The van der Waals surface area contributed by atoms with Crippen LogP contribution in [0.15, 0.2) is 10.8 Å². The first-order chi connectivity index (χ1) is 4.77. The lowest BCUT2D eigenvalue weighted by Crippen LogP contribution is -1.95. The van der Waals surface area contributed by atoms with E-state index >= 15 is 0 Å². The van der Waals surface area contributed by atoms with Gasteiger partial charge in [-0.1, -0.05) is 0 Å². The topological polar surface area (TPSA) is 17.8 Å². The van der Waals surface area contributed by atoms with E-state index in [4.69, 9.17) is 0 Å². The number of rotatable bonds is 0. The van der Waals surface area contributed by atoms with E-state index in [0.717, 1.165) is 11.0 Å². The molecule has 0 saturated heterocycles. The summed E-state index contributed by atoms with van der Waals surface area (Å²) in [6.07, 6.45) is 4.44. The van der Waals surface area contributed by atoms with Crippen LogP contribution in [0, 0.1) is 0 Å². The van der Waals surface area contributed by atoms with Crippen molar-refractivity contribution in [2.75, 3.05) is 0 Å². The highest BCUT2D eigenvalue weighted by molar-refractivity contribution is 9.10. The molecule has 0 aromatic carbocycles. The molecule has 1 aliphatic heterocycles. The summed E-state index contributed by atoms with van der Waals surface area (Å²) in [4.78, 5) is 4.32.